The van der Waals surface area contributed by atoms with Crippen molar-refractivity contribution in [1.29, 1.82) is 0 Å². The zero-order valence-corrected chi connectivity index (χ0v) is 21.5. The van der Waals surface area contributed by atoms with Crippen molar-refractivity contribution in [1.82, 2.24) is 10.4 Å². The number of phenolic OH excluding ortho intramolecular Hbond substituents is 1. The summed E-state index contributed by atoms with van der Waals surface area (Å²) in [5.41, 5.74) is -1.57. The van der Waals surface area contributed by atoms with Crippen molar-refractivity contribution in [3.8, 4) is 5.75 Å². The Labute approximate surface area is 227 Å². The maximum absolute atomic E-state index is 14.1. The van der Waals surface area contributed by atoms with Crippen LogP contribution in [0.2, 0.25) is 0 Å². The fourth-order valence-corrected chi connectivity index (χ4v) is 5.77. The number of anilines is 1. The number of ketones is 2. The number of carbonyl (C=O) groups excluding carboxylic acids is 4. The van der Waals surface area contributed by atoms with Crippen LogP contribution < -0.4 is 10.7 Å². The summed E-state index contributed by atoms with van der Waals surface area (Å²) >= 11 is 0. The highest BCUT2D eigenvalue weighted by atomic mass is 19.1. The van der Waals surface area contributed by atoms with Crippen LogP contribution in [0.5, 0.6) is 5.75 Å². The maximum atomic E-state index is 14.1. The Balaban J connectivity index is 1.56. The SMILES string of the molecule is CN(C)NC(=O)C1=C(O)C2(O)C(=O)C3=C(O)c4c(ccc(NC(=O)c5ccccc5F)c4O)CC3CC2CC1=O. The predicted octanol–water partition coefficient (Wildman–Crippen LogP) is 1.92. The third kappa shape index (κ3) is 4.03. The molecule has 0 saturated heterocycles. The van der Waals surface area contributed by atoms with Crippen LogP contribution in [-0.2, 0) is 20.8 Å². The van der Waals surface area contributed by atoms with E-state index in [-0.39, 0.29) is 41.6 Å². The highest BCUT2D eigenvalue weighted by molar-refractivity contribution is 6.23. The second-order valence-corrected chi connectivity index (χ2v) is 10.3. The van der Waals surface area contributed by atoms with Crippen molar-refractivity contribution >= 4 is 34.8 Å². The van der Waals surface area contributed by atoms with Gasteiger partial charge in [0.15, 0.2) is 11.4 Å². The molecule has 2 aromatic carbocycles. The van der Waals surface area contributed by atoms with Crippen LogP contribution in [0, 0.1) is 17.7 Å². The van der Waals surface area contributed by atoms with Crippen molar-refractivity contribution in [2.45, 2.75) is 24.9 Å². The van der Waals surface area contributed by atoms with E-state index >= 15 is 0 Å². The number of hydrogen-bond donors (Lipinski definition) is 6. The number of benzene rings is 2. The molecule has 6 N–H and O–H groups in total. The molecule has 0 bridgehead atoms. The number of fused-ring (bicyclic) bond motifs is 3. The molecule has 0 radical (unpaired) electrons. The molecule has 1 saturated carbocycles. The minimum atomic E-state index is -2.66. The number of hydrogen-bond acceptors (Lipinski definition) is 9. The normalized spacial score (nSPS) is 23.9. The van der Waals surface area contributed by atoms with Gasteiger partial charge in [0.25, 0.3) is 11.8 Å². The molecule has 40 heavy (non-hydrogen) atoms. The highest BCUT2D eigenvalue weighted by Gasteiger charge is 2.60. The number of Topliss-reactive ketones (excluding diaryl/α,β-unsaturated/α-hetero) is 2. The molecule has 3 aliphatic carbocycles. The molecule has 3 unspecified atom stereocenters. The van der Waals surface area contributed by atoms with E-state index in [0.29, 0.717) is 5.56 Å². The van der Waals surface area contributed by atoms with Crippen LogP contribution in [0.25, 0.3) is 5.76 Å². The standard InChI is InChI=1S/C28H26FN3O8/c1-32(2)31-27(39)21-18(33)11-14-10-13-9-12-7-8-17(30-26(38)15-5-3-4-6-16(15)29)22(34)19(12)23(35)20(13)24(36)28(14,40)25(21)37/h3-8,13-14,34-35,37,40H,9-11H2,1-2H3,(H,30,38)(H,31,39). The van der Waals surface area contributed by atoms with Crippen LogP contribution in [0.1, 0.15) is 34.3 Å². The topological polar surface area (TPSA) is 176 Å². The molecule has 2 amide bonds. The number of rotatable bonds is 4. The number of phenols is 1. The molecule has 0 aliphatic heterocycles. The Morgan fingerprint density at radius 3 is 2.40 bits per heavy atom. The van der Waals surface area contributed by atoms with Gasteiger partial charge in [0.2, 0.25) is 5.78 Å². The molecule has 0 heterocycles. The van der Waals surface area contributed by atoms with Gasteiger partial charge in [0.05, 0.1) is 16.8 Å². The van der Waals surface area contributed by atoms with Gasteiger partial charge in [-0.05, 0) is 42.5 Å². The Morgan fingerprint density at radius 1 is 1.02 bits per heavy atom. The number of nitrogens with one attached hydrogen (secondary N) is 2. The number of halogens is 1. The fraction of sp³-hybridized carbons (Fsp3) is 0.286. The van der Waals surface area contributed by atoms with Crippen LogP contribution in [0.3, 0.4) is 0 Å². The molecule has 5 rings (SSSR count). The van der Waals surface area contributed by atoms with Gasteiger partial charge in [-0.3, -0.25) is 24.6 Å². The largest absolute Gasteiger partial charge is 0.508 e. The van der Waals surface area contributed by atoms with E-state index in [1.165, 1.54) is 49.4 Å². The van der Waals surface area contributed by atoms with Gasteiger partial charge >= 0.3 is 0 Å². The first-order valence-electron chi connectivity index (χ1n) is 12.4. The van der Waals surface area contributed by atoms with Gasteiger partial charge in [-0.25, -0.2) is 9.40 Å². The van der Waals surface area contributed by atoms with Gasteiger partial charge in [-0.1, -0.05) is 18.2 Å². The van der Waals surface area contributed by atoms with Gasteiger partial charge < -0.3 is 25.7 Å². The lowest BCUT2D eigenvalue weighted by molar-refractivity contribution is -0.148. The van der Waals surface area contributed by atoms with Crippen molar-refractivity contribution in [3.05, 3.63) is 75.8 Å². The molecule has 208 valence electrons. The number of aliphatic hydroxyl groups excluding tert-OH is 2. The van der Waals surface area contributed by atoms with Crippen LogP contribution in [0.4, 0.5) is 10.1 Å². The van der Waals surface area contributed by atoms with Gasteiger partial charge in [0.1, 0.15) is 28.7 Å². The summed E-state index contributed by atoms with van der Waals surface area (Å²) in [6, 6.07) is 8.13. The molecule has 11 nitrogen and oxygen atoms in total. The van der Waals surface area contributed by atoms with Gasteiger partial charge in [-0.2, -0.15) is 0 Å². The van der Waals surface area contributed by atoms with E-state index in [9.17, 15) is 44.0 Å². The lowest BCUT2D eigenvalue weighted by atomic mass is 9.59. The first-order chi connectivity index (χ1) is 18.9. The minimum Gasteiger partial charge on any atom is -0.508 e. The quantitative estimate of drug-likeness (QED) is 0.188. The molecule has 12 heteroatoms. The summed E-state index contributed by atoms with van der Waals surface area (Å²) in [6.07, 6.45) is -0.229. The Morgan fingerprint density at radius 2 is 1.73 bits per heavy atom. The van der Waals surface area contributed by atoms with E-state index in [2.05, 4.69) is 10.7 Å². The van der Waals surface area contributed by atoms with E-state index < -0.39 is 69.5 Å². The van der Waals surface area contributed by atoms with Crippen LogP contribution in [0.15, 0.2) is 53.3 Å². The summed E-state index contributed by atoms with van der Waals surface area (Å²) in [5, 5.41) is 48.3. The average molecular weight is 552 g/mol. The number of nitrogens with zero attached hydrogens (tertiary/aromatic N) is 1. The lowest BCUT2D eigenvalue weighted by Gasteiger charge is -2.46. The third-order valence-corrected chi connectivity index (χ3v) is 7.61. The molecule has 1 fully saturated rings. The lowest BCUT2D eigenvalue weighted by Crippen LogP contribution is -2.58. The molecule has 3 aliphatic rings. The van der Waals surface area contributed by atoms with Crippen molar-refractivity contribution < 1.29 is 44.0 Å². The minimum absolute atomic E-state index is 0.0198. The van der Waals surface area contributed by atoms with E-state index in [1.54, 1.807) is 0 Å². The Bertz CT molecular complexity index is 1560. The highest BCUT2D eigenvalue weighted by Crippen LogP contribution is 2.52. The number of aromatic hydroxyl groups is 1. The fourth-order valence-electron chi connectivity index (χ4n) is 5.77. The van der Waals surface area contributed by atoms with Crippen LogP contribution >= 0.6 is 0 Å². The van der Waals surface area contributed by atoms with Crippen LogP contribution in [-0.4, -0.2) is 68.5 Å². The zero-order valence-electron chi connectivity index (χ0n) is 21.5. The monoisotopic (exact) mass is 551 g/mol. The van der Waals surface area contributed by atoms with E-state index in [0.717, 1.165) is 6.07 Å². The Hall–Kier alpha value is -4.55. The van der Waals surface area contributed by atoms with Gasteiger partial charge in [-0.15, -0.1) is 0 Å². The van der Waals surface area contributed by atoms with Crippen molar-refractivity contribution in [2.24, 2.45) is 11.8 Å². The average Bonchev–Trinajstić information content (AvgIpc) is 2.87. The molecular weight excluding hydrogens is 525 g/mol. The van der Waals surface area contributed by atoms with E-state index in [4.69, 9.17) is 0 Å². The summed E-state index contributed by atoms with van der Waals surface area (Å²) in [5.74, 6) is -8.56. The molecule has 2 aromatic rings. The molecule has 0 aromatic heterocycles. The number of hydrazine groups is 1. The Kier molecular flexibility index (Phi) is 6.47. The molecular formula is C28H26FN3O8. The number of aliphatic hydroxyl groups is 3. The maximum Gasteiger partial charge on any atom is 0.272 e. The van der Waals surface area contributed by atoms with E-state index in [1.807, 2.05) is 0 Å². The number of amides is 2. The summed E-state index contributed by atoms with van der Waals surface area (Å²) in [4.78, 5) is 51.7. The second-order valence-electron chi connectivity index (χ2n) is 10.3. The second kappa shape index (κ2) is 9.57. The first kappa shape index (κ1) is 27.0. The van der Waals surface area contributed by atoms with Crippen molar-refractivity contribution in [2.75, 3.05) is 19.4 Å². The van der Waals surface area contributed by atoms with Gasteiger partial charge in [0, 0.05) is 32.0 Å². The zero-order chi connectivity index (χ0) is 29.1. The summed E-state index contributed by atoms with van der Waals surface area (Å²) in [6.45, 7) is 0. The molecule has 0 spiro atoms. The summed E-state index contributed by atoms with van der Waals surface area (Å²) in [7, 11) is 2.94. The predicted molar refractivity (Wildman–Crippen MR) is 138 cm³/mol. The third-order valence-electron chi connectivity index (χ3n) is 7.61. The molecule has 3 atom stereocenters. The van der Waals surface area contributed by atoms with Crippen molar-refractivity contribution in [3.63, 3.8) is 0 Å². The smallest absolute Gasteiger partial charge is 0.272 e. The number of carbonyl (C=O) groups is 4. The first-order valence-corrected chi connectivity index (χ1v) is 12.4. The summed E-state index contributed by atoms with van der Waals surface area (Å²) < 4.78 is 14.1.